The fourth-order valence-electron chi connectivity index (χ4n) is 3.82. The highest BCUT2D eigenvalue weighted by Gasteiger charge is 2.45. The normalized spacial score (nSPS) is 17.8. The van der Waals surface area contributed by atoms with Gasteiger partial charge in [-0.1, -0.05) is 12.6 Å². The third kappa shape index (κ3) is 5.55. The average molecular weight is 451 g/mol. The van der Waals surface area contributed by atoms with Crippen molar-refractivity contribution in [1.82, 2.24) is 0 Å². The van der Waals surface area contributed by atoms with Crippen molar-refractivity contribution >= 4 is 18.2 Å². The topological polar surface area (TPSA) is 96.2 Å². The van der Waals surface area contributed by atoms with Gasteiger partial charge >= 0.3 is 11.9 Å². The first kappa shape index (κ1) is 23.9. The van der Waals surface area contributed by atoms with Crippen LogP contribution in [-0.2, 0) is 16.1 Å². The molecule has 172 valence electrons. The van der Waals surface area contributed by atoms with Crippen LogP contribution in [0.4, 0.5) is 4.39 Å². The van der Waals surface area contributed by atoms with Gasteiger partial charge in [-0.05, 0) is 79.8 Å². The molecule has 6 nitrogen and oxygen atoms in total. The lowest BCUT2D eigenvalue weighted by Gasteiger charge is -2.14. The summed E-state index contributed by atoms with van der Waals surface area (Å²) in [6.07, 6.45) is 3.67. The Labute approximate surface area is 191 Å². The van der Waals surface area contributed by atoms with Gasteiger partial charge in [0.15, 0.2) is 0 Å². The number of allylic oxidation sites excluding steroid dienone is 3. The second-order valence-electron chi connectivity index (χ2n) is 8.11. The van der Waals surface area contributed by atoms with E-state index in [2.05, 4.69) is 11.6 Å². The minimum Gasteiger partial charge on any atom is -0.488 e. The maximum absolute atomic E-state index is 14.5. The first-order valence-electron chi connectivity index (χ1n) is 10.5. The van der Waals surface area contributed by atoms with Crippen molar-refractivity contribution in [3.8, 4) is 11.1 Å². The zero-order chi connectivity index (χ0) is 24.3. The second-order valence-corrected chi connectivity index (χ2v) is 8.11. The van der Waals surface area contributed by atoms with Gasteiger partial charge in [-0.25, -0.2) is 9.18 Å². The van der Waals surface area contributed by atoms with Crippen LogP contribution in [-0.4, -0.2) is 28.4 Å². The lowest BCUT2D eigenvalue weighted by atomic mass is 9.92. The monoisotopic (exact) mass is 451 g/mol. The van der Waals surface area contributed by atoms with E-state index in [-0.39, 0.29) is 18.1 Å². The number of nitrogens with zero attached hydrogens (tertiary/aromatic N) is 1. The summed E-state index contributed by atoms with van der Waals surface area (Å²) >= 11 is 0. The zero-order valence-corrected chi connectivity index (χ0v) is 18.8. The minimum atomic E-state index is -0.996. The molecule has 2 atom stereocenters. The number of carbonyl (C=O) groups is 2. The number of aromatic carboxylic acids is 1. The number of ether oxygens (including phenoxy) is 1. The largest absolute Gasteiger partial charge is 0.488 e. The number of rotatable bonds is 9. The summed E-state index contributed by atoms with van der Waals surface area (Å²) in [5.41, 5.74) is 4.21. The van der Waals surface area contributed by atoms with Crippen molar-refractivity contribution < 1.29 is 28.9 Å². The van der Waals surface area contributed by atoms with Crippen LogP contribution >= 0.6 is 0 Å². The van der Waals surface area contributed by atoms with Crippen molar-refractivity contribution in [2.24, 2.45) is 16.8 Å². The summed E-state index contributed by atoms with van der Waals surface area (Å²) in [6.45, 7) is 9.19. The zero-order valence-electron chi connectivity index (χ0n) is 18.8. The summed E-state index contributed by atoms with van der Waals surface area (Å²) in [6, 6.07) is 7.91. The number of carboxylic acids is 2. The Hall–Kier alpha value is -3.74. The number of carboxylic acid groups (broad SMARTS) is 2. The van der Waals surface area contributed by atoms with Crippen LogP contribution in [0.5, 0.6) is 0 Å². The van der Waals surface area contributed by atoms with E-state index in [1.807, 2.05) is 13.8 Å². The maximum Gasteiger partial charge on any atom is 0.335 e. The highest BCUT2D eigenvalue weighted by molar-refractivity contribution is 5.90. The van der Waals surface area contributed by atoms with Gasteiger partial charge in [0.1, 0.15) is 18.2 Å². The number of benzene rings is 2. The number of aryl methyl sites for hydroxylation is 2. The Morgan fingerprint density at radius 2 is 1.85 bits per heavy atom. The molecule has 1 aliphatic rings. The Bertz CT molecular complexity index is 1160. The second kappa shape index (κ2) is 9.81. The molecule has 0 aliphatic heterocycles. The Kier molecular flexibility index (Phi) is 7.11. The van der Waals surface area contributed by atoms with Gasteiger partial charge in [-0.15, -0.1) is 0 Å². The van der Waals surface area contributed by atoms with Crippen LogP contribution in [0.2, 0.25) is 0 Å². The molecular weight excluding hydrogens is 425 g/mol. The molecule has 1 fully saturated rings. The van der Waals surface area contributed by atoms with E-state index >= 15 is 0 Å². The molecule has 0 bridgehead atoms. The molecule has 33 heavy (non-hydrogen) atoms. The summed E-state index contributed by atoms with van der Waals surface area (Å²) in [5.74, 6) is -2.45. The molecule has 0 heterocycles. The first-order valence-corrected chi connectivity index (χ1v) is 10.5. The lowest BCUT2D eigenvalue weighted by Crippen LogP contribution is -2.02. The van der Waals surface area contributed by atoms with Gasteiger partial charge in [0.05, 0.1) is 17.7 Å². The molecule has 0 unspecified atom stereocenters. The van der Waals surface area contributed by atoms with E-state index in [9.17, 15) is 19.1 Å². The van der Waals surface area contributed by atoms with E-state index in [0.717, 1.165) is 22.3 Å². The van der Waals surface area contributed by atoms with Gasteiger partial charge in [0, 0.05) is 17.2 Å². The average Bonchev–Trinajstić information content (AvgIpc) is 3.56. The van der Waals surface area contributed by atoms with Crippen LogP contribution in [0, 0.1) is 31.5 Å². The van der Waals surface area contributed by atoms with Crippen LogP contribution in [0.3, 0.4) is 0 Å². The summed E-state index contributed by atoms with van der Waals surface area (Å²) in [7, 11) is 0. The molecule has 2 aromatic rings. The van der Waals surface area contributed by atoms with Gasteiger partial charge < -0.3 is 14.9 Å². The van der Waals surface area contributed by atoms with Gasteiger partial charge in [-0.3, -0.25) is 9.79 Å². The third-order valence-corrected chi connectivity index (χ3v) is 5.69. The van der Waals surface area contributed by atoms with E-state index < -0.39 is 23.7 Å². The molecule has 7 heteroatoms. The fourth-order valence-corrected chi connectivity index (χ4v) is 3.82. The number of hydrogen-bond acceptors (Lipinski definition) is 4. The Morgan fingerprint density at radius 1 is 1.18 bits per heavy atom. The van der Waals surface area contributed by atoms with E-state index in [1.165, 1.54) is 12.3 Å². The minimum absolute atomic E-state index is 0.0374. The summed E-state index contributed by atoms with van der Waals surface area (Å²) < 4.78 is 20.2. The molecule has 2 N–H and O–H groups in total. The summed E-state index contributed by atoms with van der Waals surface area (Å²) in [5, 5.41) is 18.3. The maximum atomic E-state index is 14.5. The standard InChI is InChI=1S/C26H26FNO5/c1-5-20(12-28-16(4)21-11-22(21)26(31)32)33-13-19-10-17(6-7-23(19)27)24-14(2)8-18(25(29)30)9-15(24)3/h5-10,12,21-22H,4,11,13H2,1-3H3,(H,29,30)(H,31,32)/b20-5+,28-12?/t21-,22+/m1/s1. The van der Waals surface area contributed by atoms with Crippen LogP contribution < -0.4 is 0 Å². The predicted molar refractivity (Wildman–Crippen MR) is 124 cm³/mol. The van der Waals surface area contributed by atoms with Gasteiger partial charge in [-0.2, -0.15) is 0 Å². The smallest absolute Gasteiger partial charge is 0.335 e. The number of hydrogen-bond donors (Lipinski definition) is 2. The van der Waals surface area contributed by atoms with E-state index in [4.69, 9.17) is 9.84 Å². The fraction of sp³-hybridized carbons (Fsp3) is 0.269. The molecule has 3 rings (SSSR count). The molecular formula is C26H26FNO5. The SMILES string of the molecule is C=C(N=C/C(=C\C)OCc1cc(-c2c(C)cc(C(=O)O)cc2C)ccc1F)[C@H]1C[C@@H]1C(=O)O. The van der Waals surface area contributed by atoms with Crippen molar-refractivity contribution in [3.63, 3.8) is 0 Å². The van der Waals surface area contributed by atoms with Gasteiger partial charge in [0.25, 0.3) is 0 Å². The highest BCUT2D eigenvalue weighted by Crippen LogP contribution is 2.44. The molecule has 0 spiro atoms. The number of aliphatic carboxylic acids is 1. The Balaban J connectivity index is 1.74. The third-order valence-electron chi connectivity index (χ3n) is 5.69. The molecule has 1 saturated carbocycles. The van der Waals surface area contributed by atoms with Crippen molar-refractivity contribution in [1.29, 1.82) is 0 Å². The lowest BCUT2D eigenvalue weighted by molar-refractivity contribution is -0.138. The molecule has 0 amide bonds. The molecule has 0 saturated heterocycles. The molecule has 0 aromatic heterocycles. The van der Waals surface area contributed by atoms with Crippen LogP contribution in [0.25, 0.3) is 11.1 Å². The summed E-state index contributed by atoms with van der Waals surface area (Å²) in [4.78, 5) is 26.5. The number of halogens is 1. The first-order chi connectivity index (χ1) is 15.6. The van der Waals surface area contributed by atoms with Gasteiger partial charge in [0.2, 0.25) is 0 Å². The molecule has 0 radical (unpaired) electrons. The molecule has 2 aromatic carbocycles. The van der Waals surface area contributed by atoms with E-state index in [1.54, 1.807) is 37.3 Å². The highest BCUT2D eigenvalue weighted by atomic mass is 19.1. The van der Waals surface area contributed by atoms with Crippen molar-refractivity contribution in [2.75, 3.05) is 0 Å². The predicted octanol–water partition coefficient (Wildman–Crippen LogP) is 5.53. The Morgan fingerprint density at radius 3 is 2.39 bits per heavy atom. The van der Waals surface area contributed by atoms with Crippen LogP contribution in [0.15, 0.2) is 59.4 Å². The van der Waals surface area contributed by atoms with Crippen LogP contribution in [0.1, 0.15) is 40.4 Å². The molecule has 1 aliphatic carbocycles. The van der Waals surface area contributed by atoms with Crippen molar-refractivity contribution in [3.05, 3.63) is 82.5 Å². The van der Waals surface area contributed by atoms with E-state index in [0.29, 0.717) is 23.4 Å². The quantitative estimate of drug-likeness (QED) is 0.386. The van der Waals surface area contributed by atoms with Crippen molar-refractivity contribution in [2.45, 2.75) is 33.8 Å². The number of aliphatic imine (C=N–C) groups is 1.